The smallest absolute Gasteiger partial charge is 0.180 e. The molecule has 104 valence electrons. The molecular formula is C12H20N6O. The third-order valence-corrected chi connectivity index (χ3v) is 2.96. The Morgan fingerprint density at radius 3 is 2.95 bits per heavy atom. The minimum Gasteiger partial charge on any atom is -0.396 e. The van der Waals surface area contributed by atoms with Gasteiger partial charge in [0.25, 0.3) is 0 Å². The monoisotopic (exact) mass is 264 g/mol. The predicted octanol–water partition coefficient (Wildman–Crippen LogP) is 0.612. The lowest BCUT2D eigenvalue weighted by Gasteiger charge is -2.28. The number of nitrogens with one attached hydrogen (secondary N) is 1. The minimum absolute atomic E-state index is 0.156. The summed E-state index contributed by atoms with van der Waals surface area (Å²) in [6.07, 6.45) is 6.06. The Balaban J connectivity index is 2.47. The van der Waals surface area contributed by atoms with Gasteiger partial charge in [-0.3, -0.25) is 0 Å². The fourth-order valence-electron chi connectivity index (χ4n) is 2.03. The van der Waals surface area contributed by atoms with E-state index >= 15 is 0 Å². The van der Waals surface area contributed by atoms with Gasteiger partial charge in [0, 0.05) is 31.6 Å². The SMILES string of the molecule is CC(C)N(CCCO)c1nc(NN)cn2ccnc12. The van der Waals surface area contributed by atoms with Gasteiger partial charge in [-0.05, 0) is 20.3 Å². The van der Waals surface area contributed by atoms with Crippen LogP contribution in [0.1, 0.15) is 20.3 Å². The van der Waals surface area contributed by atoms with E-state index in [2.05, 4.69) is 34.1 Å². The van der Waals surface area contributed by atoms with E-state index in [1.807, 2.05) is 10.6 Å². The maximum Gasteiger partial charge on any atom is 0.180 e. The number of hydrogen-bond donors (Lipinski definition) is 3. The number of aliphatic hydroxyl groups is 1. The molecule has 2 aromatic heterocycles. The van der Waals surface area contributed by atoms with Crippen LogP contribution in [0, 0.1) is 0 Å². The first-order valence-electron chi connectivity index (χ1n) is 6.35. The number of nitrogens with two attached hydrogens (primary N) is 1. The summed E-state index contributed by atoms with van der Waals surface area (Å²) < 4.78 is 1.88. The number of aliphatic hydroxyl groups excluding tert-OH is 1. The summed E-state index contributed by atoms with van der Waals surface area (Å²) in [6.45, 7) is 5.04. The summed E-state index contributed by atoms with van der Waals surface area (Å²) in [5.41, 5.74) is 3.35. The lowest BCUT2D eigenvalue weighted by Crippen LogP contribution is -2.33. The third kappa shape index (κ3) is 2.77. The minimum atomic E-state index is 0.156. The number of rotatable bonds is 6. The van der Waals surface area contributed by atoms with Gasteiger partial charge >= 0.3 is 0 Å². The van der Waals surface area contributed by atoms with Crippen LogP contribution >= 0.6 is 0 Å². The highest BCUT2D eigenvalue weighted by atomic mass is 16.3. The Labute approximate surface area is 112 Å². The van der Waals surface area contributed by atoms with Gasteiger partial charge in [0.1, 0.15) is 0 Å². The molecule has 0 spiro atoms. The molecule has 0 radical (unpaired) electrons. The molecule has 2 aromatic rings. The first kappa shape index (κ1) is 13.6. The Morgan fingerprint density at radius 1 is 1.53 bits per heavy atom. The zero-order chi connectivity index (χ0) is 13.8. The molecule has 0 fully saturated rings. The Bertz CT molecular complexity index is 538. The molecule has 0 aliphatic rings. The van der Waals surface area contributed by atoms with Crippen molar-refractivity contribution < 1.29 is 5.11 Å². The van der Waals surface area contributed by atoms with Gasteiger partial charge < -0.3 is 19.8 Å². The van der Waals surface area contributed by atoms with Gasteiger partial charge in [0.15, 0.2) is 17.3 Å². The van der Waals surface area contributed by atoms with Crippen LogP contribution < -0.4 is 16.2 Å². The molecule has 0 unspecified atom stereocenters. The highest BCUT2D eigenvalue weighted by Gasteiger charge is 2.17. The standard InChI is InChI=1S/C12H20N6O/c1-9(2)18(5-3-7-19)12-11-14-4-6-17(11)8-10(15-12)16-13/h4,6,8-9,16,19H,3,5,7,13H2,1-2H3. The molecule has 7 nitrogen and oxygen atoms in total. The van der Waals surface area contributed by atoms with Crippen molar-refractivity contribution in [3.8, 4) is 0 Å². The van der Waals surface area contributed by atoms with Gasteiger partial charge in [-0.2, -0.15) is 0 Å². The molecule has 2 rings (SSSR count). The Kier molecular flexibility index (Phi) is 4.18. The van der Waals surface area contributed by atoms with Crippen LogP contribution in [-0.4, -0.2) is 38.7 Å². The average Bonchev–Trinajstić information content (AvgIpc) is 2.86. The topological polar surface area (TPSA) is 91.7 Å². The van der Waals surface area contributed by atoms with E-state index in [4.69, 9.17) is 10.9 Å². The van der Waals surface area contributed by atoms with Crippen LogP contribution in [-0.2, 0) is 0 Å². The zero-order valence-electron chi connectivity index (χ0n) is 11.2. The Hall–Kier alpha value is -1.86. The number of fused-ring (bicyclic) bond motifs is 1. The van der Waals surface area contributed by atoms with E-state index in [0.717, 1.165) is 18.0 Å². The highest BCUT2D eigenvalue weighted by Crippen LogP contribution is 2.22. The molecule has 19 heavy (non-hydrogen) atoms. The summed E-state index contributed by atoms with van der Waals surface area (Å²) in [4.78, 5) is 10.9. The molecule has 0 aromatic carbocycles. The van der Waals surface area contributed by atoms with E-state index in [0.29, 0.717) is 12.2 Å². The molecule has 0 atom stereocenters. The van der Waals surface area contributed by atoms with Crippen molar-refractivity contribution in [2.45, 2.75) is 26.3 Å². The average molecular weight is 264 g/mol. The van der Waals surface area contributed by atoms with Crippen molar-refractivity contribution in [3.63, 3.8) is 0 Å². The fourth-order valence-corrected chi connectivity index (χ4v) is 2.03. The molecule has 0 amide bonds. The van der Waals surface area contributed by atoms with Crippen molar-refractivity contribution in [2.75, 3.05) is 23.5 Å². The summed E-state index contributed by atoms with van der Waals surface area (Å²) in [7, 11) is 0. The molecule has 0 aliphatic carbocycles. The molecule has 7 heteroatoms. The number of hydrazine groups is 1. The van der Waals surface area contributed by atoms with Crippen LogP contribution in [0.2, 0.25) is 0 Å². The van der Waals surface area contributed by atoms with Crippen LogP contribution in [0.5, 0.6) is 0 Å². The van der Waals surface area contributed by atoms with Crippen LogP contribution in [0.25, 0.3) is 5.65 Å². The van der Waals surface area contributed by atoms with E-state index in [1.165, 1.54) is 0 Å². The number of nitrogen functional groups attached to an aromatic ring is 1. The fraction of sp³-hybridized carbons (Fsp3) is 0.500. The predicted molar refractivity (Wildman–Crippen MR) is 75.0 cm³/mol. The van der Waals surface area contributed by atoms with Crippen molar-refractivity contribution in [1.82, 2.24) is 14.4 Å². The van der Waals surface area contributed by atoms with Gasteiger partial charge in [-0.1, -0.05) is 0 Å². The quantitative estimate of drug-likeness (QED) is 0.523. The van der Waals surface area contributed by atoms with Crippen LogP contribution in [0.15, 0.2) is 18.6 Å². The Morgan fingerprint density at radius 2 is 2.32 bits per heavy atom. The van der Waals surface area contributed by atoms with Crippen LogP contribution in [0.3, 0.4) is 0 Å². The van der Waals surface area contributed by atoms with Crippen molar-refractivity contribution >= 4 is 17.3 Å². The van der Waals surface area contributed by atoms with E-state index in [-0.39, 0.29) is 12.6 Å². The second-order valence-corrected chi connectivity index (χ2v) is 4.62. The zero-order valence-corrected chi connectivity index (χ0v) is 11.2. The number of hydrogen-bond acceptors (Lipinski definition) is 6. The largest absolute Gasteiger partial charge is 0.396 e. The second kappa shape index (κ2) is 5.85. The van der Waals surface area contributed by atoms with Gasteiger partial charge in [0.2, 0.25) is 0 Å². The lowest BCUT2D eigenvalue weighted by atomic mass is 10.3. The van der Waals surface area contributed by atoms with E-state index in [1.54, 1.807) is 12.4 Å². The van der Waals surface area contributed by atoms with Crippen molar-refractivity contribution in [3.05, 3.63) is 18.6 Å². The maximum absolute atomic E-state index is 9.02. The number of aromatic nitrogens is 3. The van der Waals surface area contributed by atoms with Crippen LogP contribution in [0.4, 0.5) is 11.6 Å². The molecule has 0 aliphatic heterocycles. The number of nitrogens with zero attached hydrogens (tertiary/aromatic N) is 4. The first-order chi connectivity index (χ1) is 9.17. The molecule has 0 bridgehead atoms. The van der Waals surface area contributed by atoms with Crippen molar-refractivity contribution in [1.29, 1.82) is 0 Å². The molecule has 0 saturated carbocycles. The summed E-state index contributed by atoms with van der Waals surface area (Å²) >= 11 is 0. The lowest BCUT2D eigenvalue weighted by molar-refractivity contribution is 0.288. The van der Waals surface area contributed by atoms with E-state index < -0.39 is 0 Å². The molecule has 0 saturated heterocycles. The van der Waals surface area contributed by atoms with Gasteiger partial charge in [-0.25, -0.2) is 15.8 Å². The number of imidazole rings is 1. The number of anilines is 2. The molecule has 4 N–H and O–H groups in total. The second-order valence-electron chi connectivity index (χ2n) is 4.62. The van der Waals surface area contributed by atoms with Gasteiger partial charge in [0.05, 0.1) is 6.20 Å². The van der Waals surface area contributed by atoms with Gasteiger partial charge in [-0.15, -0.1) is 0 Å². The first-order valence-corrected chi connectivity index (χ1v) is 6.35. The summed E-state index contributed by atoms with van der Waals surface area (Å²) in [5, 5.41) is 9.02. The molecule has 2 heterocycles. The molecular weight excluding hydrogens is 244 g/mol. The third-order valence-electron chi connectivity index (χ3n) is 2.96. The maximum atomic E-state index is 9.02. The van der Waals surface area contributed by atoms with E-state index in [9.17, 15) is 0 Å². The highest BCUT2D eigenvalue weighted by molar-refractivity contribution is 5.67. The van der Waals surface area contributed by atoms with Crippen molar-refractivity contribution in [2.24, 2.45) is 5.84 Å². The normalized spacial score (nSPS) is 11.2. The summed E-state index contributed by atoms with van der Waals surface area (Å²) in [5.74, 6) is 6.80. The summed E-state index contributed by atoms with van der Waals surface area (Å²) in [6, 6.07) is 0.257.